The van der Waals surface area contributed by atoms with Crippen LogP contribution in [0.2, 0.25) is 5.02 Å². The molecule has 7 heteroatoms. The van der Waals surface area contributed by atoms with Crippen molar-refractivity contribution in [1.29, 1.82) is 0 Å². The van der Waals surface area contributed by atoms with Crippen molar-refractivity contribution in [2.24, 2.45) is 10.7 Å². The number of rotatable bonds is 3. The van der Waals surface area contributed by atoms with Crippen molar-refractivity contribution < 1.29 is 18.0 Å². The minimum absolute atomic E-state index is 0.167. The fraction of sp³-hybridized carbons (Fsp3) is 0.273. The Labute approximate surface area is 106 Å². The predicted molar refractivity (Wildman–Crippen MR) is 62.7 cm³/mol. The molecule has 0 fully saturated rings. The Morgan fingerprint density at radius 1 is 1.33 bits per heavy atom. The van der Waals surface area contributed by atoms with E-state index in [1.165, 1.54) is 31.2 Å². The molecule has 0 heterocycles. The number of hydrogen-bond acceptors (Lipinski definition) is 2. The van der Waals surface area contributed by atoms with Crippen molar-refractivity contribution in [3.63, 3.8) is 0 Å². The SMILES string of the molecule is CC(N=C(c1ccc(Cl)cc1)C(F)(F)F)C(N)=O. The van der Waals surface area contributed by atoms with E-state index in [1.54, 1.807) is 0 Å². The Morgan fingerprint density at radius 2 is 1.83 bits per heavy atom. The summed E-state index contributed by atoms with van der Waals surface area (Å²) in [6.45, 7) is 1.20. The summed E-state index contributed by atoms with van der Waals surface area (Å²) in [7, 11) is 0. The summed E-state index contributed by atoms with van der Waals surface area (Å²) in [5, 5.41) is 0.309. The van der Waals surface area contributed by atoms with Gasteiger partial charge in [-0.25, -0.2) is 0 Å². The lowest BCUT2D eigenvalue weighted by Gasteiger charge is -2.12. The van der Waals surface area contributed by atoms with Crippen LogP contribution < -0.4 is 5.73 Å². The van der Waals surface area contributed by atoms with Gasteiger partial charge in [-0.15, -0.1) is 0 Å². The van der Waals surface area contributed by atoms with Gasteiger partial charge in [0.2, 0.25) is 5.91 Å². The van der Waals surface area contributed by atoms with Gasteiger partial charge < -0.3 is 5.73 Å². The van der Waals surface area contributed by atoms with Gasteiger partial charge in [-0.3, -0.25) is 9.79 Å². The quantitative estimate of drug-likeness (QED) is 0.849. The van der Waals surface area contributed by atoms with Crippen LogP contribution in [0.25, 0.3) is 0 Å². The van der Waals surface area contributed by atoms with Crippen molar-refractivity contribution in [3.05, 3.63) is 34.9 Å². The molecule has 0 spiro atoms. The van der Waals surface area contributed by atoms with Crippen LogP contribution >= 0.6 is 11.6 Å². The van der Waals surface area contributed by atoms with Gasteiger partial charge in [-0.05, 0) is 19.1 Å². The predicted octanol–water partition coefficient (Wildman–Crippen LogP) is 2.57. The number of aliphatic imine (C=N–C) groups is 1. The largest absolute Gasteiger partial charge is 0.433 e. The van der Waals surface area contributed by atoms with Crippen molar-refractivity contribution in [2.75, 3.05) is 0 Å². The van der Waals surface area contributed by atoms with E-state index in [4.69, 9.17) is 17.3 Å². The Hall–Kier alpha value is -1.56. The van der Waals surface area contributed by atoms with Crippen LogP contribution in [0, 0.1) is 0 Å². The normalized spacial score (nSPS) is 14.4. The molecule has 1 rings (SSSR count). The Morgan fingerprint density at radius 3 is 2.22 bits per heavy atom. The lowest BCUT2D eigenvalue weighted by atomic mass is 10.1. The number of nitrogens with zero attached hydrogens (tertiary/aromatic N) is 1. The molecule has 1 aromatic carbocycles. The molecule has 0 aliphatic carbocycles. The summed E-state index contributed by atoms with van der Waals surface area (Å²) in [5.41, 5.74) is 3.58. The summed E-state index contributed by atoms with van der Waals surface area (Å²) >= 11 is 5.59. The second-order valence-corrected chi connectivity index (χ2v) is 4.00. The van der Waals surface area contributed by atoms with Crippen molar-refractivity contribution in [1.82, 2.24) is 0 Å². The van der Waals surface area contributed by atoms with Gasteiger partial charge in [0.05, 0.1) is 0 Å². The molecule has 0 saturated heterocycles. The second-order valence-electron chi connectivity index (χ2n) is 3.56. The highest BCUT2D eigenvalue weighted by molar-refractivity contribution is 6.30. The van der Waals surface area contributed by atoms with Crippen LogP contribution in [0.4, 0.5) is 13.2 Å². The Balaban J connectivity index is 3.22. The maximum atomic E-state index is 12.8. The highest BCUT2D eigenvalue weighted by Crippen LogP contribution is 2.24. The number of carbonyl (C=O) groups excluding carboxylic acids is 1. The monoisotopic (exact) mass is 278 g/mol. The van der Waals surface area contributed by atoms with Crippen LogP contribution in [0.5, 0.6) is 0 Å². The molecule has 3 nitrogen and oxygen atoms in total. The lowest BCUT2D eigenvalue weighted by Crippen LogP contribution is -2.30. The molecule has 1 unspecified atom stereocenters. The minimum Gasteiger partial charge on any atom is -0.368 e. The van der Waals surface area contributed by atoms with E-state index in [9.17, 15) is 18.0 Å². The van der Waals surface area contributed by atoms with Crippen molar-refractivity contribution >= 4 is 23.2 Å². The summed E-state index contributed by atoms with van der Waals surface area (Å²) in [5.74, 6) is -0.925. The highest BCUT2D eigenvalue weighted by atomic mass is 35.5. The average Bonchev–Trinajstić information content (AvgIpc) is 2.25. The number of alkyl halides is 3. The number of halogens is 4. The first-order valence-electron chi connectivity index (χ1n) is 4.92. The van der Waals surface area contributed by atoms with Crippen molar-refractivity contribution in [2.45, 2.75) is 19.1 Å². The van der Waals surface area contributed by atoms with Gasteiger partial charge in [0, 0.05) is 10.6 Å². The molecule has 0 aromatic heterocycles. The lowest BCUT2D eigenvalue weighted by molar-refractivity contribution is -0.118. The van der Waals surface area contributed by atoms with Gasteiger partial charge >= 0.3 is 6.18 Å². The molecular weight excluding hydrogens is 269 g/mol. The van der Waals surface area contributed by atoms with Gasteiger partial charge in [0.1, 0.15) is 11.8 Å². The van der Waals surface area contributed by atoms with Crippen LogP contribution in [-0.4, -0.2) is 23.8 Å². The maximum Gasteiger partial charge on any atom is 0.433 e. The number of amides is 1. The number of hydrogen-bond donors (Lipinski definition) is 1. The summed E-state index contributed by atoms with van der Waals surface area (Å²) < 4.78 is 38.4. The van der Waals surface area contributed by atoms with Crippen molar-refractivity contribution in [3.8, 4) is 0 Å². The van der Waals surface area contributed by atoms with Gasteiger partial charge in [-0.1, -0.05) is 23.7 Å². The Bertz CT molecular complexity index is 468. The first-order chi connectivity index (χ1) is 8.21. The number of carbonyl (C=O) groups is 1. The number of benzene rings is 1. The van der Waals surface area contributed by atoms with Crippen LogP contribution in [0.3, 0.4) is 0 Å². The third kappa shape index (κ3) is 3.73. The molecule has 0 aliphatic heterocycles. The first kappa shape index (κ1) is 14.5. The molecule has 98 valence electrons. The fourth-order valence-corrected chi connectivity index (χ4v) is 1.30. The van der Waals surface area contributed by atoms with E-state index in [0.717, 1.165) is 0 Å². The highest BCUT2D eigenvalue weighted by Gasteiger charge is 2.37. The molecule has 0 saturated carbocycles. The van der Waals surface area contributed by atoms with E-state index in [0.29, 0.717) is 5.02 Å². The topological polar surface area (TPSA) is 55.4 Å². The molecule has 1 atom stereocenters. The zero-order chi connectivity index (χ0) is 13.9. The van der Waals surface area contributed by atoms with E-state index >= 15 is 0 Å². The summed E-state index contributed by atoms with van der Waals surface area (Å²) in [4.78, 5) is 14.1. The first-order valence-corrected chi connectivity index (χ1v) is 5.30. The summed E-state index contributed by atoms with van der Waals surface area (Å²) in [6.07, 6.45) is -4.67. The van der Waals surface area contributed by atoms with E-state index in [-0.39, 0.29) is 5.56 Å². The maximum absolute atomic E-state index is 12.8. The van der Waals surface area contributed by atoms with E-state index < -0.39 is 23.8 Å². The number of primary amides is 1. The molecule has 1 amide bonds. The molecule has 18 heavy (non-hydrogen) atoms. The van der Waals surface area contributed by atoms with Crippen LogP contribution in [0.1, 0.15) is 12.5 Å². The van der Waals surface area contributed by atoms with Crippen LogP contribution in [0.15, 0.2) is 29.3 Å². The second kappa shape index (κ2) is 5.39. The molecular formula is C11H10ClF3N2O. The Kier molecular flexibility index (Phi) is 4.34. The van der Waals surface area contributed by atoms with Gasteiger partial charge in [0.15, 0.2) is 0 Å². The third-order valence-corrected chi connectivity index (χ3v) is 2.37. The minimum atomic E-state index is -4.67. The smallest absolute Gasteiger partial charge is 0.368 e. The molecule has 1 aromatic rings. The molecule has 0 aliphatic rings. The zero-order valence-electron chi connectivity index (χ0n) is 9.33. The van der Waals surface area contributed by atoms with Crippen LogP contribution in [-0.2, 0) is 4.79 Å². The van der Waals surface area contributed by atoms with E-state index in [2.05, 4.69) is 4.99 Å². The third-order valence-electron chi connectivity index (χ3n) is 2.12. The van der Waals surface area contributed by atoms with E-state index in [1.807, 2.05) is 0 Å². The fourth-order valence-electron chi connectivity index (χ4n) is 1.18. The molecule has 0 bridgehead atoms. The standard InChI is InChI=1S/C11H10ClF3N2O/c1-6(10(16)18)17-9(11(13,14)15)7-2-4-8(12)5-3-7/h2-6H,1H3,(H2,16,18). The van der Waals surface area contributed by atoms with Gasteiger partial charge in [-0.2, -0.15) is 13.2 Å². The summed E-state index contributed by atoms with van der Waals surface area (Å²) in [6, 6.07) is 3.74. The molecule has 0 radical (unpaired) electrons. The zero-order valence-corrected chi connectivity index (χ0v) is 10.1. The van der Waals surface area contributed by atoms with Gasteiger partial charge in [0.25, 0.3) is 0 Å². The average molecular weight is 279 g/mol. The number of nitrogens with two attached hydrogens (primary N) is 1. The molecule has 2 N–H and O–H groups in total.